The highest BCUT2D eigenvalue weighted by atomic mass is 32.2. The van der Waals surface area contributed by atoms with E-state index in [0.29, 0.717) is 47.8 Å². The van der Waals surface area contributed by atoms with Gasteiger partial charge in [-0.3, -0.25) is 8.98 Å². The van der Waals surface area contributed by atoms with Gasteiger partial charge in [0.2, 0.25) is 0 Å². The fraction of sp³-hybridized carbons (Fsp3) is 0.500. The second kappa shape index (κ2) is 13.2. The van der Waals surface area contributed by atoms with E-state index < -0.39 is 47.5 Å². The van der Waals surface area contributed by atoms with Gasteiger partial charge in [-0.25, -0.2) is 14.2 Å². The number of rotatable bonds is 12. The van der Waals surface area contributed by atoms with E-state index in [1.54, 1.807) is 39.0 Å². The zero-order valence-electron chi connectivity index (χ0n) is 28.2. The van der Waals surface area contributed by atoms with Crippen molar-refractivity contribution in [3.8, 4) is 17.3 Å². The Morgan fingerprint density at radius 3 is 2.61 bits per heavy atom. The fourth-order valence-electron chi connectivity index (χ4n) is 6.16. The van der Waals surface area contributed by atoms with E-state index in [9.17, 15) is 26.8 Å². The maximum absolute atomic E-state index is 14.8. The van der Waals surface area contributed by atoms with Gasteiger partial charge in [-0.15, -0.1) is 0 Å². The van der Waals surface area contributed by atoms with Gasteiger partial charge < -0.3 is 28.8 Å². The minimum atomic E-state index is -3.84. The van der Waals surface area contributed by atoms with Gasteiger partial charge in [-0.1, -0.05) is 12.1 Å². The Morgan fingerprint density at radius 2 is 1.94 bits per heavy atom. The molecular formula is C34H41F2N5O7S. The highest BCUT2D eigenvalue weighted by Gasteiger charge is 2.31. The van der Waals surface area contributed by atoms with Crippen LogP contribution < -0.4 is 10.1 Å². The largest absolute Gasteiger partial charge is 0.456 e. The molecule has 2 atom stereocenters. The number of benzene rings is 2. The van der Waals surface area contributed by atoms with Crippen LogP contribution in [0.15, 0.2) is 36.4 Å². The van der Waals surface area contributed by atoms with Crippen LogP contribution in [0.25, 0.3) is 33.5 Å². The third-order valence-electron chi connectivity index (χ3n) is 8.54. The molecule has 15 heteroatoms. The topological polar surface area (TPSA) is 134 Å². The van der Waals surface area contributed by atoms with Gasteiger partial charge in [0.15, 0.2) is 5.82 Å². The number of ether oxygens (including phenoxy) is 2. The van der Waals surface area contributed by atoms with Gasteiger partial charge in [-0.2, -0.15) is 12.8 Å². The fourth-order valence-corrected chi connectivity index (χ4v) is 6.51. The molecule has 0 bridgehead atoms. The molecule has 2 aliphatic rings. The molecule has 2 aromatic carbocycles. The Bertz CT molecular complexity index is 2020. The van der Waals surface area contributed by atoms with E-state index in [4.69, 9.17) is 14.5 Å². The van der Waals surface area contributed by atoms with Crippen LogP contribution in [0.2, 0.25) is 0 Å². The molecule has 2 amide bonds. The Labute approximate surface area is 283 Å². The maximum Gasteiger partial charge on any atom is 0.408 e. The zero-order chi connectivity index (χ0) is 35.2. The number of aryl methyl sites for hydroxylation is 1. The van der Waals surface area contributed by atoms with E-state index in [1.165, 1.54) is 4.90 Å². The van der Waals surface area contributed by atoms with Crippen LogP contribution >= 0.6 is 0 Å². The van der Waals surface area contributed by atoms with Crippen LogP contribution in [-0.2, 0) is 39.1 Å². The third-order valence-corrected chi connectivity index (χ3v) is 9.10. The summed E-state index contributed by atoms with van der Waals surface area (Å²) in [5.41, 5.74) is 3.44. The summed E-state index contributed by atoms with van der Waals surface area (Å²) in [6.45, 7) is 4.52. The molecule has 1 unspecified atom stereocenters. The summed E-state index contributed by atoms with van der Waals surface area (Å²) in [6.07, 6.45) is 0.743. The molecule has 1 N–H and O–H groups in total. The first-order valence-corrected chi connectivity index (χ1v) is 18.0. The van der Waals surface area contributed by atoms with Crippen molar-refractivity contribution in [2.24, 2.45) is 13.0 Å². The molecule has 1 saturated carbocycles. The zero-order valence-corrected chi connectivity index (χ0v) is 29.0. The first-order chi connectivity index (χ1) is 23.1. The summed E-state index contributed by atoms with van der Waals surface area (Å²) in [7, 11) is -1.94. The normalized spacial score (nSPS) is 16.6. The molecule has 3 heterocycles. The van der Waals surface area contributed by atoms with Crippen molar-refractivity contribution >= 4 is 44.1 Å². The van der Waals surface area contributed by atoms with Crippen molar-refractivity contribution in [2.45, 2.75) is 64.6 Å². The van der Waals surface area contributed by atoms with Gasteiger partial charge in [-0.05, 0) is 75.8 Å². The lowest BCUT2D eigenvalue weighted by Gasteiger charge is -2.31. The number of hydrogen-bond acceptors (Lipinski definition) is 8. The molecule has 0 radical (unpaired) electrons. The van der Waals surface area contributed by atoms with Crippen LogP contribution in [-0.4, -0.2) is 90.1 Å². The number of hydrogen-bond donors (Lipinski definition) is 1. The average Bonchev–Trinajstić information content (AvgIpc) is 3.68. The molecule has 6 rings (SSSR count). The van der Waals surface area contributed by atoms with Gasteiger partial charge in [0.25, 0.3) is 22.4 Å². The average molecular weight is 702 g/mol. The minimum absolute atomic E-state index is 0.00861. The number of alkyl halides is 2. The van der Waals surface area contributed by atoms with Gasteiger partial charge in [0, 0.05) is 37.6 Å². The van der Waals surface area contributed by atoms with Crippen molar-refractivity contribution in [2.75, 3.05) is 32.6 Å². The lowest BCUT2D eigenvalue weighted by molar-refractivity contribution is 0.0260. The van der Waals surface area contributed by atoms with E-state index in [1.807, 2.05) is 29.8 Å². The molecule has 1 fully saturated rings. The molecule has 1 aliphatic carbocycles. The number of amides is 2. The minimum Gasteiger partial charge on any atom is -0.456 e. The van der Waals surface area contributed by atoms with Crippen LogP contribution in [0.5, 0.6) is 5.75 Å². The molecular weight excluding hydrogens is 660 g/mol. The number of nitrogens with zero attached hydrogens (tertiary/aromatic N) is 4. The quantitative estimate of drug-likeness (QED) is 0.202. The molecule has 2 aromatic heterocycles. The summed E-state index contributed by atoms with van der Waals surface area (Å²) in [4.78, 5) is 32.4. The summed E-state index contributed by atoms with van der Waals surface area (Å²) < 4.78 is 70.9. The number of aromatic nitrogens is 3. The standard InChI is InChI=1S/C34H41F2N5O7S/c1-34(2,3)48-33(43)37-23(16-35)18-40-12-11-21-13-26-25(15-24(21)32(40)42)38-31(39(26)4)27-14-22-7-6-8-28(30(22)41(27)17-20-9-10-20)47-29(36)19-46-49(5,44)45/h6-8,13-15,20,23,29H,9-12,16-19H2,1-5H3,(H,37,43)/t23-,29?/m1/s1. The van der Waals surface area contributed by atoms with Crippen LogP contribution in [0.1, 0.15) is 49.5 Å². The van der Waals surface area contributed by atoms with Crippen molar-refractivity contribution in [3.05, 3.63) is 47.5 Å². The Hall–Kier alpha value is -4.24. The predicted octanol–water partition coefficient (Wildman–Crippen LogP) is 5.12. The number of para-hydroxylation sites is 1. The number of halogens is 2. The smallest absolute Gasteiger partial charge is 0.408 e. The van der Waals surface area contributed by atoms with Crippen LogP contribution in [0, 0.1) is 5.92 Å². The number of imidazole rings is 1. The molecule has 1 aliphatic heterocycles. The third kappa shape index (κ3) is 7.82. The summed E-state index contributed by atoms with van der Waals surface area (Å²) in [5, 5.41) is 3.32. The molecule has 0 saturated heterocycles. The Kier molecular flexibility index (Phi) is 9.35. The molecule has 4 aromatic rings. The van der Waals surface area contributed by atoms with Gasteiger partial charge >= 0.3 is 6.09 Å². The second-order valence-electron chi connectivity index (χ2n) is 13.8. The van der Waals surface area contributed by atoms with Crippen molar-refractivity contribution in [1.29, 1.82) is 0 Å². The van der Waals surface area contributed by atoms with Crippen LogP contribution in [0.4, 0.5) is 13.6 Å². The first kappa shape index (κ1) is 34.6. The maximum atomic E-state index is 14.8. The molecule has 12 nitrogen and oxygen atoms in total. The molecule has 49 heavy (non-hydrogen) atoms. The molecule has 264 valence electrons. The highest BCUT2D eigenvalue weighted by molar-refractivity contribution is 7.85. The monoisotopic (exact) mass is 701 g/mol. The predicted molar refractivity (Wildman–Crippen MR) is 179 cm³/mol. The van der Waals surface area contributed by atoms with E-state index in [2.05, 4.69) is 14.1 Å². The highest BCUT2D eigenvalue weighted by Crippen LogP contribution is 2.40. The summed E-state index contributed by atoms with van der Waals surface area (Å²) in [6, 6.07) is 10.0. The van der Waals surface area contributed by atoms with Crippen molar-refractivity contribution in [1.82, 2.24) is 24.3 Å². The lowest BCUT2D eigenvalue weighted by atomic mass is 9.97. The van der Waals surface area contributed by atoms with Crippen LogP contribution in [0.3, 0.4) is 0 Å². The first-order valence-electron chi connectivity index (χ1n) is 16.2. The lowest BCUT2D eigenvalue weighted by Crippen LogP contribution is -2.50. The SMILES string of the molecule is Cn1c(-c2cc3cccc(OC(F)COS(C)(=O)=O)c3n2CC2CC2)nc2cc3c(cc21)CCN(C[C@@H](CF)NC(=O)OC(C)(C)C)C3=O. The number of alkyl carbamates (subject to hydrolysis) is 1. The van der Waals surface area contributed by atoms with Gasteiger partial charge in [0.05, 0.1) is 34.5 Å². The number of carbonyl (C=O) groups is 2. The second-order valence-corrected chi connectivity index (χ2v) is 15.4. The van der Waals surface area contributed by atoms with E-state index in [-0.39, 0.29) is 18.2 Å². The van der Waals surface area contributed by atoms with Crippen molar-refractivity contribution in [3.63, 3.8) is 0 Å². The van der Waals surface area contributed by atoms with Crippen molar-refractivity contribution < 1.29 is 40.4 Å². The number of carbonyl (C=O) groups excluding carboxylic acids is 2. The summed E-state index contributed by atoms with van der Waals surface area (Å²) >= 11 is 0. The molecule has 0 spiro atoms. The van der Waals surface area contributed by atoms with E-state index >= 15 is 0 Å². The Morgan fingerprint density at radius 1 is 1.18 bits per heavy atom. The number of fused-ring (bicyclic) bond motifs is 3. The Balaban J connectivity index is 1.30. The van der Waals surface area contributed by atoms with E-state index in [0.717, 1.165) is 41.3 Å². The number of nitrogens with one attached hydrogen (secondary N) is 1. The van der Waals surface area contributed by atoms with Gasteiger partial charge in [0.1, 0.15) is 24.6 Å². The summed E-state index contributed by atoms with van der Waals surface area (Å²) in [5.74, 6) is 1.05.